The first-order valence-electron chi connectivity index (χ1n) is 4.09. The molecule has 0 aromatic carbocycles. The van der Waals surface area contributed by atoms with Crippen LogP contribution in [0.5, 0.6) is 0 Å². The first kappa shape index (κ1) is 8.40. The maximum absolute atomic E-state index is 5.42. The van der Waals surface area contributed by atoms with Gasteiger partial charge in [-0.2, -0.15) is 0 Å². The monoisotopic (exact) mass is 181 g/mol. The molecule has 0 spiro atoms. The Kier molecular flexibility index (Phi) is 2.37. The van der Waals surface area contributed by atoms with Crippen LogP contribution in [0.4, 0.5) is 5.82 Å². The molecule has 0 unspecified atom stereocenters. The summed E-state index contributed by atoms with van der Waals surface area (Å²) in [5.41, 5.74) is 6.29. The van der Waals surface area contributed by atoms with Gasteiger partial charge < -0.3 is 15.2 Å². The summed E-state index contributed by atoms with van der Waals surface area (Å²) in [6.45, 7) is 1.65. The van der Waals surface area contributed by atoms with Crippen LogP contribution in [0.1, 0.15) is 11.6 Å². The standard InChI is InChI=1S/C8H11N3O2/c9-8-2-10-7(1-11-8)6-3-12-5-13-4-6/h1-2,6H,3-5H2,(H2,9,11). The van der Waals surface area contributed by atoms with Crippen LogP contribution in [0.2, 0.25) is 0 Å². The molecule has 2 rings (SSSR count). The fourth-order valence-electron chi connectivity index (χ4n) is 1.22. The van der Waals surface area contributed by atoms with E-state index in [0.717, 1.165) is 5.69 Å². The lowest BCUT2D eigenvalue weighted by atomic mass is 10.1. The topological polar surface area (TPSA) is 70.3 Å². The molecule has 1 aliphatic heterocycles. The van der Waals surface area contributed by atoms with Gasteiger partial charge in [-0.3, -0.25) is 4.98 Å². The summed E-state index contributed by atoms with van der Waals surface area (Å²) in [7, 11) is 0. The van der Waals surface area contributed by atoms with Gasteiger partial charge in [0.05, 0.1) is 31.3 Å². The Morgan fingerprint density at radius 1 is 1.23 bits per heavy atom. The number of hydrogen-bond donors (Lipinski definition) is 1. The molecule has 70 valence electrons. The highest BCUT2D eigenvalue weighted by molar-refractivity contribution is 5.23. The van der Waals surface area contributed by atoms with Gasteiger partial charge in [0, 0.05) is 5.92 Å². The second-order valence-electron chi connectivity index (χ2n) is 2.92. The molecule has 1 aliphatic rings. The van der Waals surface area contributed by atoms with E-state index in [1.54, 1.807) is 12.4 Å². The van der Waals surface area contributed by atoms with E-state index in [4.69, 9.17) is 15.2 Å². The Morgan fingerprint density at radius 2 is 2.00 bits per heavy atom. The second-order valence-corrected chi connectivity index (χ2v) is 2.92. The van der Waals surface area contributed by atoms with E-state index in [2.05, 4.69) is 9.97 Å². The Morgan fingerprint density at radius 3 is 2.62 bits per heavy atom. The molecule has 0 aliphatic carbocycles. The zero-order valence-corrected chi connectivity index (χ0v) is 7.14. The van der Waals surface area contributed by atoms with Crippen molar-refractivity contribution in [3.63, 3.8) is 0 Å². The third kappa shape index (κ3) is 1.93. The minimum Gasteiger partial charge on any atom is -0.382 e. The lowest BCUT2D eigenvalue weighted by molar-refractivity contribution is -0.108. The molecule has 1 aromatic heterocycles. The van der Waals surface area contributed by atoms with Crippen molar-refractivity contribution in [2.75, 3.05) is 25.7 Å². The number of aromatic nitrogens is 2. The van der Waals surface area contributed by atoms with Gasteiger partial charge in [-0.1, -0.05) is 0 Å². The van der Waals surface area contributed by atoms with Gasteiger partial charge in [0.15, 0.2) is 0 Å². The molecular weight excluding hydrogens is 170 g/mol. The van der Waals surface area contributed by atoms with Gasteiger partial charge in [0.1, 0.15) is 12.6 Å². The average Bonchev–Trinajstić information content (AvgIpc) is 2.20. The van der Waals surface area contributed by atoms with Gasteiger partial charge in [-0.05, 0) is 0 Å². The quantitative estimate of drug-likeness (QED) is 0.667. The molecule has 0 bridgehead atoms. The van der Waals surface area contributed by atoms with Crippen molar-refractivity contribution in [3.8, 4) is 0 Å². The van der Waals surface area contributed by atoms with Crippen molar-refractivity contribution in [2.24, 2.45) is 0 Å². The molecular formula is C8H11N3O2. The summed E-state index contributed by atoms with van der Waals surface area (Å²) in [6, 6.07) is 0. The van der Waals surface area contributed by atoms with Gasteiger partial charge in [-0.25, -0.2) is 4.98 Å². The fourth-order valence-corrected chi connectivity index (χ4v) is 1.22. The van der Waals surface area contributed by atoms with Crippen LogP contribution in [0.3, 0.4) is 0 Å². The van der Waals surface area contributed by atoms with Crippen LogP contribution >= 0.6 is 0 Å². The summed E-state index contributed by atoms with van der Waals surface area (Å²) >= 11 is 0. The largest absolute Gasteiger partial charge is 0.382 e. The highest BCUT2D eigenvalue weighted by Crippen LogP contribution is 2.16. The van der Waals surface area contributed by atoms with Crippen molar-refractivity contribution >= 4 is 5.82 Å². The fraction of sp³-hybridized carbons (Fsp3) is 0.500. The van der Waals surface area contributed by atoms with Gasteiger partial charge in [-0.15, -0.1) is 0 Å². The summed E-state index contributed by atoms with van der Waals surface area (Å²) in [4.78, 5) is 8.11. The molecule has 1 aromatic rings. The maximum atomic E-state index is 5.42. The highest BCUT2D eigenvalue weighted by atomic mass is 16.7. The summed E-state index contributed by atoms with van der Waals surface area (Å²) in [5, 5.41) is 0. The van der Waals surface area contributed by atoms with E-state index in [-0.39, 0.29) is 5.92 Å². The molecule has 5 nitrogen and oxygen atoms in total. The zero-order chi connectivity index (χ0) is 9.10. The van der Waals surface area contributed by atoms with Gasteiger partial charge in [0.2, 0.25) is 0 Å². The van der Waals surface area contributed by atoms with E-state index in [0.29, 0.717) is 25.8 Å². The number of rotatable bonds is 1. The summed E-state index contributed by atoms with van der Waals surface area (Å²) < 4.78 is 10.3. The van der Waals surface area contributed by atoms with Crippen LogP contribution in [0.25, 0.3) is 0 Å². The van der Waals surface area contributed by atoms with E-state index >= 15 is 0 Å². The summed E-state index contributed by atoms with van der Waals surface area (Å²) in [5.74, 6) is 0.614. The van der Waals surface area contributed by atoms with E-state index in [9.17, 15) is 0 Å². The molecule has 0 atom stereocenters. The van der Waals surface area contributed by atoms with Crippen LogP contribution in [0, 0.1) is 0 Å². The minimum atomic E-state index is 0.182. The van der Waals surface area contributed by atoms with Crippen LogP contribution < -0.4 is 5.73 Å². The predicted molar refractivity (Wildman–Crippen MR) is 46.0 cm³/mol. The molecule has 5 heteroatoms. The van der Waals surface area contributed by atoms with E-state index < -0.39 is 0 Å². The van der Waals surface area contributed by atoms with Crippen LogP contribution in [-0.2, 0) is 9.47 Å². The van der Waals surface area contributed by atoms with Gasteiger partial charge >= 0.3 is 0 Å². The number of nitrogen functional groups attached to an aromatic ring is 1. The van der Waals surface area contributed by atoms with Gasteiger partial charge in [0.25, 0.3) is 0 Å². The molecule has 1 saturated heterocycles. The van der Waals surface area contributed by atoms with Crippen molar-refractivity contribution in [3.05, 3.63) is 18.1 Å². The van der Waals surface area contributed by atoms with Crippen LogP contribution in [0.15, 0.2) is 12.4 Å². The van der Waals surface area contributed by atoms with Crippen molar-refractivity contribution in [1.29, 1.82) is 0 Å². The molecule has 2 heterocycles. The lowest BCUT2D eigenvalue weighted by Crippen LogP contribution is -2.23. The Hall–Kier alpha value is -1.20. The van der Waals surface area contributed by atoms with Crippen molar-refractivity contribution < 1.29 is 9.47 Å². The highest BCUT2D eigenvalue weighted by Gasteiger charge is 2.17. The second kappa shape index (κ2) is 3.68. The molecule has 0 radical (unpaired) electrons. The smallest absolute Gasteiger partial charge is 0.146 e. The predicted octanol–water partition coefficient (Wildman–Crippen LogP) is 0.147. The average molecular weight is 181 g/mol. The molecule has 0 saturated carbocycles. The SMILES string of the molecule is Nc1cnc(C2COCOC2)cn1. The Balaban J connectivity index is 2.10. The molecule has 1 fully saturated rings. The van der Waals surface area contributed by atoms with E-state index in [1.165, 1.54) is 0 Å². The molecule has 13 heavy (non-hydrogen) atoms. The van der Waals surface area contributed by atoms with Crippen molar-refractivity contribution in [2.45, 2.75) is 5.92 Å². The lowest BCUT2D eigenvalue weighted by Gasteiger charge is -2.21. The number of ether oxygens (including phenoxy) is 2. The van der Waals surface area contributed by atoms with Crippen LogP contribution in [-0.4, -0.2) is 30.0 Å². The third-order valence-corrected chi connectivity index (χ3v) is 1.91. The zero-order valence-electron chi connectivity index (χ0n) is 7.14. The Labute approximate surface area is 75.9 Å². The molecule has 0 amide bonds. The van der Waals surface area contributed by atoms with E-state index in [1.807, 2.05) is 0 Å². The normalized spacial score (nSPS) is 18.8. The number of nitrogens with two attached hydrogens (primary N) is 1. The van der Waals surface area contributed by atoms with Crippen molar-refractivity contribution in [1.82, 2.24) is 9.97 Å². The number of hydrogen-bond acceptors (Lipinski definition) is 5. The maximum Gasteiger partial charge on any atom is 0.146 e. The first-order valence-corrected chi connectivity index (χ1v) is 4.09. The first-order chi connectivity index (χ1) is 6.36. The molecule has 2 N–H and O–H groups in total. The minimum absolute atomic E-state index is 0.182. The summed E-state index contributed by atoms with van der Waals surface area (Å²) in [6.07, 6.45) is 3.21. The third-order valence-electron chi connectivity index (χ3n) is 1.91. The Bertz CT molecular complexity index is 269. The number of nitrogens with zero attached hydrogens (tertiary/aromatic N) is 2. The number of anilines is 1.